The topological polar surface area (TPSA) is 123 Å². The van der Waals surface area contributed by atoms with Crippen LogP contribution in [0.3, 0.4) is 0 Å². The highest BCUT2D eigenvalue weighted by Crippen LogP contribution is 2.21. The van der Waals surface area contributed by atoms with E-state index < -0.39 is 36.0 Å². The van der Waals surface area contributed by atoms with Gasteiger partial charge in [0.2, 0.25) is 23.6 Å². The van der Waals surface area contributed by atoms with Crippen molar-refractivity contribution in [1.82, 2.24) is 25.8 Å². The van der Waals surface area contributed by atoms with E-state index in [0.29, 0.717) is 19.4 Å². The molecular weight excluding hydrogens is 470 g/mol. The summed E-state index contributed by atoms with van der Waals surface area (Å²) in [5.74, 6) is -1.54. The van der Waals surface area contributed by atoms with Gasteiger partial charge in [-0.05, 0) is 37.0 Å². The van der Waals surface area contributed by atoms with Gasteiger partial charge in [-0.15, -0.1) is 0 Å². The van der Waals surface area contributed by atoms with Gasteiger partial charge in [-0.25, -0.2) is 0 Å². The van der Waals surface area contributed by atoms with Crippen LogP contribution >= 0.6 is 0 Å². The minimum Gasteiger partial charge on any atom is -0.361 e. The lowest BCUT2D eigenvalue weighted by Gasteiger charge is -2.31. The highest BCUT2D eigenvalue weighted by molar-refractivity contribution is 5.98. The van der Waals surface area contributed by atoms with Crippen molar-refractivity contribution < 1.29 is 19.2 Å². The van der Waals surface area contributed by atoms with E-state index in [1.54, 1.807) is 6.92 Å². The number of hydrogen-bond donors (Lipinski definition) is 4. The van der Waals surface area contributed by atoms with Gasteiger partial charge in [0.1, 0.15) is 24.2 Å². The van der Waals surface area contributed by atoms with Crippen LogP contribution in [0, 0.1) is 0 Å². The van der Waals surface area contributed by atoms with Crippen LogP contribution in [-0.4, -0.2) is 64.2 Å². The van der Waals surface area contributed by atoms with E-state index in [1.807, 2.05) is 60.8 Å². The van der Waals surface area contributed by atoms with E-state index in [2.05, 4.69) is 20.9 Å². The molecule has 4 atom stereocenters. The van der Waals surface area contributed by atoms with Crippen molar-refractivity contribution in [3.63, 3.8) is 0 Å². The third-order valence-corrected chi connectivity index (χ3v) is 7.22. The van der Waals surface area contributed by atoms with Crippen LogP contribution in [0.1, 0.15) is 30.9 Å². The first kappa shape index (κ1) is 24.5. The molecule has 2 aliphatic heterocycles. The zero-order valence-corrected chi connectivity index (χ0v) is 20.7. The summed E-state index contributed by atoms with van der Waals surface area (Å²) in [6.07, 6.45) is 3.51. The van der Waals surface area contributed by atoms with E-state index in [9.17, 15) is 19.2 Å². The number of carbonyl (C=O) groups excluding carboxylic acids is 4. The van der Waals surface area contributed by atoms with Crippen molar-refractivity contribution in [1.29, 1.82) is 0 Å². The molecule has 0 saturated carbocycles. The first-order chi connectivity index (χ1) is 17.9. The number of nitrogens with one attached hydrogen (secondary N) is 4. The van der Waals surface area contributed by atoms with Crippen molar-refractivity contribution in [2.75, 3.05) is 6.54 Å². The molecule has 2 aromatic carbocycles. The van der Waals surface area contributed by atoms with Gasteiger partial charge in [0.15, 0.2) is 0 Å². The fourth-order valence-corrected chi connectivity index (χ4v) is 5.26. The minimum atomic E-state index is -0.939. The second-order valence-electron chi connectivity index (χ2n) is 9.80. The molecule has 0 radical (unpaired) electrons. The average molecular weight is 502 g/mol. The van der Waals surface area contributed by atoms with Crippen molar-refractivity contribution >= 4 is 34.5 Å². The van der Waals surface area contributed by atoms with Gasteiger partial charge in [0.05, 0.1) is 0 Å². The van der Waals surface area contributed by atoms with Crippen molar-refractivity contribution in [2.24, 2.45) is 0 Å². The molecule has 1 aromatic heterocycles. The Hall–Kier alpha value is -4.14. The van der Waals surface area contributed by atoms with E-state index in [1.165, 1.54) is 4.90 Å². The van der Waals surface area contributed by atoms with Crippen LogP contribution in [0.5, 0.6) is 0 Å². The van der Waals surface area contributed by atoms with Crippen molar-refractivity contribution in [3.05, 3.63) is 71.9 Å². The number of para-hydroxylation sites is 1. The zero-order valence-electron chi connectivity index (χ0n) is 20.7. The fourth-order valence-electron chi connectivity index (χ4n) is 5.26. The summed E-state index contributed by atoms with van der Waals surface area (Å²) < 4.78 is 0. The van der Waals surface area contributed by atoms with Gasteiger partial charge in [-0.1, -0.05) is 48.5 Å². The molecule has 5 rings (SSSR count). The maximum atomic E-state index is 13.6. The van der Waals surface area contributed by atoms with Crippen molar-refractivity contribution in [3.8, 4) is 0 Å². The van der Waals surface area contributed by atoms with Crippen LogP contribution in [0.15, 0.2) is 60.8 Å². The summed E-state index contributed by atoms with van der Waals surface area (Å²) in [7, 11) is 0. The smallest absolute Gasteiger partial charge is 0.245 e. The summed E-state index contributed by atoms with van der Waals surface area (Å²) in [6, 6.07) is 13.8. The van der Waals surface area contributed by atoms with E-state index in [-0.39, 0.29) is 24.7 Å². The Kier molecular flexibility index (Phi) is 6.94. The van der Waals surface area contributed by atoms with E-state index in [4.69, 9.17) is 0 Å². The van der Waals surface area contributed by atoms with Crippen LogP contribution in [0.25, 0.3) is 10.9 Å². The second kappa shape index (κ2) is 10.5. The number of rotatable bonds is 4. The normalized spacial score (nSPS) is 25.1. The van der Waals surface area contributed by atoms with Gasteiger partial charge in [0.25, 0.3) is 0 Å². The Morgan fingerprint density at radius 1 is 0.811 bits per heavy atom. The highest BCUT2D eigenvalue weighted by atomic mass is 16.2. The quantitative estimate of drug-likeness (QED) is 0.432. The molecule has 0 spiro atoms. The minimum absolute atomic E-state index is 0.223. The number of carbonyl (C=O) groups is 4. The molecule has 2 saturated heterocycles. The summed E-state index contributed by atoms with van der Waals surface area (Å²) in [5, 5.41) is 9.49. The molecule has 4 N–H and O–H groups in total. The predicted octanol–water partition coefficient (Wildman–Crippen LogP) is 1.43. The highest BCUT2D eigenvalue weighted by Gasteiger charge is 2.39. The molecule has 9 nitrogen and oxygen atoms in total. The standard InChI is InChI=1S/C28H31N5O4/c1-17-28(37)33-13-7-12-24(33)27(36)32-22(14-18-8-3-2-4-9-18)26(35)31-23(25(34)30-17)15-19-16-29-21-11-6-5-10-20(19)21/h2-6,8-11,16-17,22-24,29H,7,12-15H2,1H3,(H,30,34)(H,31,35)(H,32,36)/t17-,22-,23+,24-/m0/s1. The van der Waals surface area contributed by atoms with Crippen LogP contribution in [0.4, 0.5) is 0 Å². The van der Waals surface area contributed by atoms with Gasteiger partial charge >= 0.3 is 0 Å². The Morgan fingerprint density at radius 3 is 2.30 bits per heavy atom. The molecular formula is C28H31N5O4. The molecule has 3 aromatic rings. The van der Waals surface area contributed by atoms with Crippen LogP contribution in [-0.2, 0) is 32.0 Å². The molecule has 0 unspecified atom stereocenters. The molecule has 192 valence electrons. The number of hydrogen-bond acceptors (Lipinski definition) is 4. The van der Waals surface area contributed by atoms with Gasteiger partial charge in [0, 0.05) is 36.5 Å². The molecule has 3 heterocycles. The summed E-state index contributed by atoms with van der Waals surface area (Å²) in [6.45, 7) is 2.05. The molecule has 4 amide bonds. The third kappa shape index (κ3) is 5.21. The lowest BCUT2D eigenvalue weighted by Crippen LogP contribution is -2.61. The average Bonchev–Trinajstić information content (AvgIpc) is 3.55. The summed E-state index contributed by atoms with van der Waals surface area (Å²) >= 11 is 0. The number of aromatic nitrogens is 1. The van der Waals surface area contributed by atoms with Crippen LogP contribution in [0.2, 0.25) is 0 Å². The monoisotopic (exact) mass is 501 g/mol. The van der Waals surface area contributed by atoms with Gasteiger partial charge in [-0.3, -0.25) is 19.2 Å². The van der Waals surface area contributed by atoms with Gasteiger partial charge in [-0.2, -0.15) is 0 Å². The molecule has 0 aliphatic carbocycles. The van der Waals surface area contributed by atoms with Gasteiger partial charge < -0.3 is 25.8 Å². The lowest BCUT2D eigenvalue weighted by atomic mass is 10.0. The number of benzene rings is 2. The van der Waals surface area contributed by atoms with Crippen molar-refractivity contribution in [2.45, 2.75) is 56.8 Å². The lowest BCUT2D eigenvalue weighted by molar-refractivity contribution is -0.143. The largest absolute Gasteiger partial charge is 0.361 e. The van der Waals surface area contributed by atoms with E-state index in [0.717, 1.165) is 22.0 Å². The first-order valence-corrected chi connectivity index (χ1v) is 12.7. The SMILES string of the molecule is C[C@@H]1NC(=O)[C@@H](Cc2c[nH]c3ccccc23)NC(=O)[C@H](Cc2ccccc2)NC(=O)[C@@H]2CCCN2C1=O. The van der Waals surface area contributed by atoms with Crippen LogP contribution < -0.4 is 16.0 Å². The number of nitrogens with zero attached hydrogens (tertiary/aromatic N) is 1. The molecule has 37 heavy (non-hydrogen) atoms. The number of amides is 4. The molecule has 2 aliphatic rings. The Labute approximate surface area is 215 Å². The Bertz CT molecular complexity index is 1320. The fraction of sp³-hybridized carbons (Fsp3) is 0.357. The summed E-state index contributed by atoms with van der Waals surface area (Å²) in [4.78, 5) is 58.2. The zero-order chi connectivity index (χ0) is 25.9. The maximum Gasteiger partial charge on any atom is 0.245 e. The first-order valence-electron chi connectivity index (χ1n) is 12.7. The molecule has 0 bridgehead atoms. The molecule has 9 heteroatoms. The second-order valence-corrected chi connectivity index (χ2v) is 9.80. The third-order valence-electron chi connectivity index (χ3n) is 7.22. The Balaban J connectivity index is 1.47. The molecule has 2 fully saturated rings. The Morgan fingerprint density at radius 2 is 1.49 bits per heavy atom. The predicted molar refractivity (Wildman–Crippen MR) is 138 cm³/mol. The number of aromatic amines is 1. The maximum absolute atomic E-state index is 13.6. The number of fused-ring (bicyclic) bond motifs is 2. The summed E-state index contributed by atoms with van der Waals surface area (Å²) in [5.41, 5.74) is 2.67. The number of H-pyrrole nitrogens is 1. The van der Waals surface area contributed by atoms with E-state index >= 15 is 0 Å².